The summed E-state index contributed by atoms with van der Waals surface area (Å²) < 4.78 is 16.5. The number of carboxylic acid groups (broad SMARTS) is 2. The first-order chi connectivity index (χ1) is 20.8. The molecule has 9 heteroatoms. The maximum atomic E-state index is 11.4. The molecule has 0 saturated heterocycles. The molecule has 0 spiro atoms. The van der Waals surface area contributed by atoms with E-state index in [2.05, 4.69) is 11.7 Å². The van der Waals surface area contributed by atoms with E-state index >= 15 is 0 Å². The van der Waals surface area contributed by atoms with E-state index in [-0.39, 0.29) is 5.97 Å². The summed E-state index contributed by atoms with van der Waals surface area (Å²) in [7, 11) is 1.35. The molecule has 9 nitrogen and oxygen atoms in total. The van der Waals surface area contributed by atoms with Crippen LogP contribution in [0.2, 0.25) is 0 Å². The number of methoxy groups -OCH3 is 1. The monoisotopic (exact) mass is 607 g/mol. The number of nitrogens with zero attached hydrogens (tertiary/aromatic N) is 1. The number of anilines is 1. The smallest absolute Gasteiger partial charge is 0.323 e. The highest BCUT2D eigenvalue weighted by Crippen LogP contribution is 2.29. The Bertz CT molecular complexity index is 875. The average molecular weight is 608 g/mol. The van der Waals surface area contributed by atoms with Gasteiger partial charge in [-0.2, -0.15) is 0 Å². The molecule has 0 aliphatic carbocycles. The highest BCUT2D eigenvalue weighted by molar-refractivity contribution is 5.80. The van der Waals surface area contributed by atoms with E-state index in [9.17, 15) is 24.6 Å². The average Bonchev–Trinajstić information content (AvgIpc) is 2.97. The Morgan fingerprint density at radius 1 is 0.605 bits per heavy atom. The van der Waals surface area contributed by atoms with Crippen molar-refractivity contribution >= 4 is 23.6 Å². The Kier molecular flexibility index (Phi) is 22.6. The molecule has 1 aromatic rings. The maximum Gasteiger partial charge on any atom is 0.323 e. The van der Waals surface area contributed by atoms with Crippen molar-refractivity contribution in [2.24, 2.45) is 0 Å². The lowest BCUT2D eigenvalue weighted by molar-refractivity contribution is -0.141. The van der Waals surface area contributed by atoms with E-state index in [1.54, 1.807) is 18.2 Å². The number of hydrogen-bond acceptors (Lipinski definition) is 7. The summed E-state index contributed by atoms with van der Waals surface area (Å²) >= 11 is 0. The van der Waals surface area contributed by atoms with E-state index < -0.39 is 25.0 Å². The summed E-state index contributed by atoms with van der Waals surface area (Å²) in [6.45, 7) is 2.19. The Balaban J connectivity index is 2.40. The molecule has 246 valence electrons. The molecule has 0 heterocycles. The third kappa shape index (κ3) is 21.4. The molecular formula is C34H57NO8. The highest BCUT2D eigenvalue weighted by atomic mass is 16.5. The Labute approximate surface area is 259 Å². The molecule has 1 aromatic carbocycles. The van der Waals surface area contributed by atoms with Gasteiger partial charge in [-0.25, -0.2) is 0 Å². The van der Waals surface area contributed by atoms with Crippen LogP contribution in [0.1, 0.15) is 129 Å². The predicted molar refractivity (Wildman–Crippen MR) is 170 cm³/mol. The van der Waals surface area contributed by atoms with Crippen molar-refractivity contribution in [2.45, 2.75) is 129 Å². The van der Waals surface area contributed by atoms with Gasteiger partial charge in [0.15, 0.2) is 0 Å². The molecule has 0 aliphatic heterocycles. The van der Waals surface area contributed by atoms with E-state index in [1.165, 1.54) is 102 Å². The Hall–Kier alpha value is -2.97. The lowest BCUT2D eigenvalue weighted by atomic mass is 10.0. The van der Waals surface area contributed by atoms with Crippen LogP contribution in [0.3, 0.4) is 0 Å². The van der Waals surface area contributed by atoms with Crippen LogP contribution in [0.15, 0.2) is 18.2 Å². The first kappa shape index (κ1) is 38.1. The topological polar surface area (TPSA) is 123 Å². The Morgan fingerprint density at radius 3 is 1.40 bits per heavy atom. The van der Waals surface area contributed by atoms with Crippen molar-refractivity contribution in [1.29, 1.82) is 0 Å². The van der Waals surface area contributed by atoms with Crippen molar-refractivity contribution in [3.05, 3.63) is 18.2 Å². The summed E-state index contributed by atoms with van der Waals surface area (Å²) in [5.41, 5.74) is 0.402. The van der Waals surface area contributed by atoms with Crippen molar-refractivity contribution < 1.29 is 38.8 Å². The van der Waals surface area contributed by atoms with Crippen LogP contribution in [0, 0.1) is 0 Å². The van der Waals surface area contributed by atoms with E-state index in [0.717, 1.165) is 12.8 Å². The van der Waals surface area contributed by atoms with Crippen LogP contribution in [0.25, 0.3) is 0 Å². The van der Waals surface area contributed by atoms with Crippen molar-refractivity contribution in [2.75, 3.05) is 38.3 Å². The number of carboxylic acids is 2. The van der Waals surface area contributed by atoms with Gasteiger partial charge in [0.25, 0.3) is 0 Å². The van der Waals surface area contributed by atoms with Gasteiger partial charge in [-0.1, -0.05) is 103 Å². The van der Waals surface area contributed by atoms with Gasteiger partial charge in [0.2, 0.25) is 0 Å². The van der Waals surface area contributed by atoms with E-state index in [1.807, 2.05) is 0 Å². The molecule has 0 unspecified atom stereocenters. The maximum absolute atomic E-state index is 11.4. The molecule has 1 rings (SSSR count). The number of ether oxygens (including phenoxy) is 3. The van der Waals surface area contributed by atoms with Gasteiger partial charge in [-0.05, 0) is 19.3 Å². The van der Waals surface area contributed by atoms with Gasteiger partial charge in [0.05, 0.1) is 20.3 Å². The number of aliphatic carboxylic acids is 2. The fourth-order valence-corrected chi connectivity index (χ4v) is 4.97. The van der Waals surface area contributed by atoms with Crippen LogP contribution < -0.4 is 14.4 Å². The quantitative estimate of drug-likeness (QED) is 0.0688. The number of esters is 1. The van der Waals surface area contributed by atoms with Crippen LogP contribution in [-0.2, 0) is 19.1 Å². The largest absolute Gasteiger partial charge is 0.493 e. The second-order valence-corrected chi connectivity index (χ2v) is 11.3. The standard InChI is InChI=1S/C34H57NO8/c1-3-4-5-6-7-8-9-10-11-12-13-14-15-16-17-19-22-42-30-24-29(35(27-32(36)37)28-33(38)39)25-31(26-30)43-23-20-18-21-34(40)41-2/h24-26H,3-23,27-28H2,1-2H3,(H,36,37)(H,38,39). The zero-order chi connectivity index (χ0) is 31.5. The minimum Gasteiger partial charge on any atom is -0.493 e. The second-order valence-electron chi connectivity index (χ2n) is 11.3. The molecule has 43 heavy (non-hydrogen) atoms. The first-order valence-corrected chi connectivity index (χ1v) is 16.5. The molecular weight excluding hydrogens is 550 g/mol. The number of unbranched alkanes of at least 4 members (excludes halogenated alkanes) is 16. The molecule has 0 atom stereocenters. The van der Waals surface area contributed by atoms with E-state index in [4.69, 9.17) is 9.47 Å². The highest BCUT2D eigenvalue weighted by Gasteiger charge is 2.17. The zero-order valence-corrected chi connectivity index (χ0v) is 26.8. The minimum absolute atomic E-state index is 0.273. The van der Waals surface area contributed by atoms with E-state index in [0.29, 0.717) is 49.7 Å². The number of benzene rings is 1. The van der Waals surface area contributed by atoms with Crippen LogP contribution in [-0.4, -0.2) is 61.5 Å². The fourth-order valence-electron chi connectivity index (χ4n) is 4.97. The zero-order valence-electron chi connectivity index (χ0n) is 26.8. The molecule has 0 fully saturated rings. The molecule has 0 amide bonds. The summed E-state index contributed by atoms with van der Waals surface area (Å²) in [6.07, 6.45) is 22.3. The lowest BCUT2D eigenvalue weighted by Crippen LogP contribution is -2.34. The van der Waals surface area contributed by atoms with Gasteiger partial charge >= 0.3 is 17.9 Å². The number of carbonyl (C=O) groups excluding carboxylic acids is 1. The summed E-state index contributed by atoms with van der Waals surface area (Å²) in [6, 6.07) is 5.01. The van der Waals surface area contributed by atoms with Gasteiger partial charge in [-0.3, -0.25) is 14.4 Å². The molecule has 0 bridgehead atoms. The normalized spacial score (nSPS) is 10.8. The molecule has 0 aliphatic rings. The number of hydrogen-bond donors (Lipinski definition) is 2. The SMILES string of the molecule is CCCCCCCCCCCCCCCCCCOc1cc(OCCCCC(=O)OC)cc(N(CC(=O)O)CC(=O)O)c1. The number of rotatable bonds is 29. The molecule has 2 N–H and O–H groups in total. The van der Waals surface area contributed by atoms with Crippen LogP contribution in [0.5, 0.6) is 11.5 Å². The molecule has 0 radical (unpaired) electrons. The summed E-state index contributed by atoms with van der Waals surface area (Å²) in [5, 5.41) is 18.6. The summed E-state index contributed by atoms with van der Waals surface area (Å²) in [4.78, 5) is 35.3. The minimum atomic E-state index is -1.13. The summed E-state index contributed by atoms with van der Waals surface area (Å²) in [5.74, 6) is -1.58. The fraction of sp³-hybridized carbons (Fsp3) is 0.735. The van der Waals surface area contributed by atoms with Crippen molar-refractivity contribution in [1.82, 2.24) is 0 Å². The second kappa shape index (κ2) is 25.5. The van der Waals surface area contributed by atoms with Crippen molar-refractivity contribution in [3.8, 4) is 11.5 Å². The van der Waals surface area contributed by atoms with Gasteiger partial charge in [0, 0.05) is 30.3 Å². The van der Waals surface area contributed by atoms with Gasteiger partial charge in [0.1, 0.15) is 24.6 Å². The lowest BCUT2D eigenvalue weighted by Gasteiger charge is -2.22. The van der Waals surface area contributed by atoms with Crippen LogP contribution >= 0.6 is 0 Å². The Morgan fingerprint density at radius 2 is 1.00 bits per heavy atom. The van der Waals surface area contributed by atoms with Crippen molar-refractivity contribution in [3.63, 3.8) is 0 Å². The third-order valence-corrected chi connectivity index (χ3v) is 7.42. The third-order valence-electron chi connectivity index (χ3n) is 7.42. The first-order valence-electron chi connectivity index (χ1n) is 16.5. The number of carbonyl (C=O) groups is 3. The predicted octanol–water partition coefficient (Wildman–Crippen LogP) is 8.02. The van der Waals surface area contributed by atoms with Crippen LogP contribution in [0.4, 0.5) is 5.69 Å². The van der Waals surface area contributed by atoms with Gasteiger partial charge < -0.3 is 29.3 Å². The molecule has 0 saturated carbocycles. The van der Waals surface area contributed by atoms with Gasteiger partial charge in [-0.15, -0.1) is 0 Å². The molecule has 0 aromatic heterocycles.